The van der Waals surface area contributed by atoms with Crippen LogP contribution in [0.4, 0.5) is 0 Å². The molecule has 2 atom stereocenters. The van der Waals surface area contributed by atoms with Gasteiger partial charge in [0, 0.05) is 58.9 Å². The zero-order chi connectivity index (χ0) is 21.4. The van der Waals surface area contributed by atoms with Gasteiger partial charge in [0.25, 0.3) is 0 Å². The highest BCUT2D eigenvalue weighted by Crippen LogP contribution is 2.06. The van der Waals surface area contributed by atoms with Crippen molar-refractivity contribution in [2.24, 2.45) is 0 Å². The first-order valence-corrected chi connectivity index (χ1v) is 10.7. The molecule has 0 bridgehead atoms. The van der Waals surface area contributed by atoms with Crippen LogP contribution in [-0.4, -0.2) is 105 Å². The number of nitrogens with one attached hydrogen (secondary N) is 4. The third kappa shape index (κ3) is 9.94. The van der Waals surface area contributed by atoms with E-state index in [1.807, 2.05) is 30.3 Å². The second kappa shape index (κ2) is 15.2. The fourth-order valence-electron chi connectivity index (χ4n) is 3.21. The third-order valence-corrected chi connectivity index (χ3v) is 4.96. The van der Waals surface area contributed by atoms with Crippen LogP contribution in [0.3, 0.4) is 0 Å². The van der Waals surface area contributed by atoms with Gasteiger partial charge in [-0.3, -0.25) is 9.69 Å². The Morgan fingerprint density at radius 1 is 1.03 bits per heavy atom. The van der Waals surface area contributed by atoms with E-state index < -0.39 is 12.1 Å². The largest absolute Gasteiger partial charge is 0.394 e. The Morgan fingerprint density at radius 3 is 2.23 bits per heavy atom. The van der Waals surface area contributed by atoms with Crippen molar-refractivity contribution in [1.82, 2.24) is 26.2 Å². The maximum atomic E-state index is 12.9. The molecule has 170 valence electrons. The topological polar surface area (TPSA) is 118 Å². The minimum Gasteiger partial charge on any atom is -0.394 e. The molecule has 0 saturated carbocycles. The van der Waals surface area contributed by atoms with Crippen LogP contribution in [0.25, 0.3) is 0 Å². The maximum absolute atomic E-state index is 12.9. The molecule has 2 rings (SSSR count). The van der Waals surface area contributed by atoms with E-state index in [2.05, 4.69) is 26.2 Å². The number of aliphatic hydroxyl groups excluding tert-OH is 2. The van der Waals surface area contributed by atoms with Gasteiger partial charge in [0.1, 0.15) is 6.04 Å². The Balaban J connectivity index is 1.98. The van der Waals surface area contributed by atoms with Gasteiger partial charge < -0.3 is 36.2 Å². The molecule has 1 aliphatic rings. The number of carbonyl (C=O) groups is 1. The first-order valence-electron chi connectivity index (χ1n) is 10.7. The molecule has 1 fully saturated rings. The Labute approximate surface area is 179 Å². The fraction of sp³-hybridized carbons (Fsp3) is 0.667. The second-order valence-electron chi connectivity index (χ2n) is 7.38. The zero-order valence-electron chi connectivity index (χ0n) is 17.7. The summed E-state index contributed by atoms with van der Waals surface area (Å²) in [6.07, 6.45) is -0.970. The molecule has 1 amide bonds. The van der Waals surface area contributed by atoms with Gasteiger partial charge in [-0.05, 0) is 5.56 Å². The molecule has 9 nitrogen and oxygen atoms in total. The first-order chi connectivity index (χ1) is 14.7. The molecule has 0 aliphatic carbocycles. The summed E-state index contributed by atoms with van der Waals surface area (Å²) >= 11 is 0. The van der Waals surface area contributed by atoms with Crippen molar-refractivity contribution in [1.29, 1.82) is 0 Å². The smallest absolute Gasteiger partial charge is 0.239 e. The van der Waals surface area contributed by atoms with Crippen LogP contribution in [0.1, 0.15) is 5.56 Å². The summed E-state index contributed by atoms with van der Waals surface area (Å²) in [6.45, 7) is 6.81. The van der Waals surface area contributed by atoms with E-state index in [1.165, 1.54) is 0 Å². The lowest BCUT2D eigenvalue weighted by Gasteiger charge is -2.31. The van der Waals surface area contributed by atoms with E-state index in [-0.39, 0.29) is 25.7 Å². The molecule has 0 radical (unpaired) electrons. The molecule has 1 heterocycles. The Kier molecular flexibility index (Phi) is 12.5. The highest BCUT2D eigenvalue weighted by atomic mass is 16.5. The highest BCUT2D eigenvalue weighted by molar-refractivity contribution is 5.82. The van der Waals surface area contributed by atoms with Crippen LogP contribution in [-0.2, 0) is 16.1 Å². The Bertz CT molecular complexity index is 566. The van der Waals surface area contributed by atoms with Crippen molar-refractivity contribution >= 4 is 5.91 Å². The van der Waals surface area contributed by atoms with Gasteiger partial charge in [-0.15, -0.1) is 0 Å². The van der Waals surface area contributed by atoms with E-state index in [1.54, 1.807) is 0 Å². The van der Waals surface area contributed by atoms with Crippen LogP contribution in [0.5, 0.6) is 0 Å². The van der Waals surface area contributed by atoms with Crippen molar-refractivity contribution in [3.8, 4) is 0 Å². The monoisotopic (exact) mass is 423 g/mol. The van der Waals surface area contributed by atoms with Crippen molar-refractivity contribution in [3.05, 3.63) is 35.9 Å². The number of ether oxygens (including phenoxy) is 1. The van der Waals surface area contributed by atoms with Gasteiger partial charge in [-0.1, -0.05) is 30.3 Å². The molecule has 1 saturated heterocycles. The predicted molar refractivity (Wildman–Crippen MR) is 116 cm³/mol. The number of rotatable bonds is 9. The molecule has 2 unspecified atom stereocenters. The van der Waals surface area contributed by atoms with Gasteiger partial charge >= 0.3 is 0 Å². The summed E-state index contributed by atoms with van der Waals surface area (Å²) in [5.74, 6) is -0.204. The summed E-state index contributed by atoms with van der Waals surface area (Å²) in [5.41, 5.74) is 1.05. The van der Waals surface area contributed by atoms with Crippen LogP contribution < -0.4 is 21.3 Å². The first kappa shape index (κ1) is 24.7. The number of nitrogens with zero attached hydrogens (tertiary/aromatic N) is 1. The summed E-state index contributed by atoms with van der Waals surface area (Å²) < 4.78 is 5.90. The number of hydrogen-bond acceptors (Lipinski definition) is 8. The number of carbonyl (C=O) groups excluding carboxylic acids is 1. The van der Waals surface area contributed by atoms with Crippen LogP contribution >= 0.6 is 0 Å². The zero-order valence-corrected chi connectivity index (χ0v) is 17.7. The lowest BCUT2D eigenvalue weighted by atomic mass is 10.2. The second-order valence-corrected chi connectivity index (χ2v) is 7.38. The molecule has 30 heavy (non-hydrogen) atoms. The van der Waals surface area contributed by atoms with E-state index in [9.17, 15) is 9.90 Å². The standard InChI is InChI=1S/C21H37N5O4/c27-15-19(28)14-25-21(29)20(17-30-16-18-4-2-1-3-5-18)26-12-10-23-8-6-22-7-9-24-11-13-26/h1-5,19-20,22-24,27-28H,6-17H2,(H,25,29). The Hall–Kier alpha value is -1.59. The molecule has 1 aromatic rings. The van der Waals surface area contributed by atoms with Crippen molar-refractivity contribution in [3.63, 3.8) is 0 Å². The van der Waals surface area contributed by atoms with Gasteiger partial charge in [-0.25, -0.2) is 0 Å². The molecule has 1 aromatic carbocycles. The molecule has 0 spiro atoms. The van der Waals surface area contributed by atoms with E-state index in [0.717, 1.165) is 44.8 Å². The molecule has 0 aromatic heterocycles. The molecular formula is C21H37N5O4. The minimum atomic E-state index is -0.970. The predicted octanol–water partition coefficient (Wildman–Crippen LogP) is -1.87. The fourth-order valence-corrected chi connectivity index (χ4v) is 3.21. The molecule has 1 aliphatic heterocycles. The highest BCUT2D eigenvalue weighted by Gasteiger charge is 2.26. The van der Waals surface area contributed by atoms with E-state index >= 15 is 0 Å². The number of aliphatic hydroxyl groups is 2. The van der Waals surface area contributed by atoms with Crippen LogP contribution in [0, 0.1) is 0 Å². The van der Waals surface area contributed by atoms with Gasteiger partial charge in [0.05, 0.1) is 25.9 Å². The Morgan fingerprint density at radius 2 is 1.63 bits per heavy atom. The average Bonchev–Trinajstić information content (AvgIpc) is 2.76. The maximum Gasteiger partial charge on any atom is 0.239 e. The summed E-state index contributed by atoms with van der Waals surface area (Å²) in [5, 5.41) is 31.5. The summed E-state index contributed by atoms with van der Waals surface area (Å²) in [6, 6.07) is 9.38. The quantitative estimate of drug-likeness (QED) is 0.273. The SMILES string of the molecule is O=C(NCC(O)CO)C(COCc1ccccc1)N1CCNCCNCCNCC1. The lowest BCUT2D eigenvalue weighted by molar-refractivity contribution is -0.129. The van der Waals surface area contributed by atoms with Gasteiger partial charge in [0.2, 0.25) is 5.91 Å². The van der Waals surface area contributed by atoms with Crippen molar-refractivity contribution in [2.75, 3.05) is 72.1 Å². The molecule has 9 heteroatoms. The van der Waals surface area contributed by atoms with E-state index in [4.69, 9.17) is 9.84 Å². The van der Waals surface area contributed by atoms with Crippen LogP contribution in [0.2, 0.25) is 0 Å². The number of benzene rings is 1. The summed E-state index contributed by atoms with van der Waals surface area (Å²) in [4.78, 5) is 15.0. The lowest BCUT2D eigenvalue weighted by Crippen LogP contribution is -2.54. The molecular weight excluding hydrogens is 386 g/mol. The minimum absolute atomic E-state index is 0.0144. The number of hydrogen-bond donors (Lipinski definition) is 6. The molecule has 6 N–H and O–H groups in total. The average molecular weight is 424 g/mol. The van der Waals surface area contributed by atoms with Gasteiger partial charge in [-0.2, -0.15) is 0 Å². The normalized spacial score (nSPS) is 19.3. The summed E-state index contributed by atoms with van der Waals surface area (Å²) in [7, 11) is 0. The van der Waals surface area contributed by atoms with Crippen molar-refractivity contribution < 1.29 is 19.7 Å². The van der Waals surface area contributed by atoms with Crippen LogP contribution in [0.15, 0.2) is 30.3 Å². The third-order valence-electron chi connectivity index (χ3n) is 4.96. The number of amides is 1. The van der Waals surface area contributed by atoms with Crippen molar-refractivity contribution in [2.45, 2.75) is 18.8 Å². The van der Waals surface area contributed by atoms with E-state index in [0.29, 0.717) is 19.7 Å². The van der Waals surface area contributed by atoms with Gasteiger partial charge in [0.15, 0.2) is 0 Å².